The third-order valence-electron chi connectivity index (χ3n) is 4.73. The minimum atomic E-state index is -0.165. The summed E-state index contributed by atoms with van der Waals surface area (Å²) in [5, 5.41) is 3.24. The third-order valence-corrected chi connectivity index (χ3v) is 4.73. The lowest BCUT2D eigenvalue weighted by molar-refractivity contribution is 0.622. The van der Waals surface area contributed by atoms with Crippen LogP contribution in [0.25, 0.3) is 0 Å². The Morgan fingerprint density at radius 3 is 2.36 bits per heavy atom. The standard InChI is InChI=1S/C20H24FN/c1-22-13-12-20(16-8-10-19(21)11-9-16)18-7-6-15-4-2-3-5-17(15)14-18/h6-11,14,20,22H,2-5,12-13H2,1H3. The molecule has 2 heteroatoms. The lowest BCUT2D eigenvalue weighted by atomic mass is 9.84. The average Bonchev–Trinajstić information content (AvgIpc) is 2.56. The molecule has 0 saturated heterocycles. The van der Waals surface area contributed by atoms with Crippen LogP contribution in [0.1, 0.15) is 47.4 Å². The van der Waals surface area contributed by atoms with Gasteiger partial charge in [-0.1, -0.05) is 30.3 Å². The Bertz CT molecular complexity index is 618. The van der Waals surface area contributed by atoms with Crippen molar-refractivity contribution in [3.8, 4) is 0 Å². The number of halogens is 1. The summed E-state index contributed by atoms with van der Waals surface area (Å²) in [4.78, 5) is 0. The van der Waals surface area contributed by atoms with E-state index in [1.165, 1.54) is 47.9 Å². The van der Waals surface area contributed by atoms with Crippen LogP contribution in [0.2, 0.25) is 0 Å². The van der Waals surface area contributed by atoms with Crippen molar-refractivity contribution in [2.45, 2.75) is 38.0 Å². The normalized spacial score (nSPS) is 15.4. The minimum absolute atomic E-state index is 0.165. The summed E-state index contributed by atoms with van der Waals surface area (Å²) in [6, 6.07) is 14.0. The third kappa shape index (κ3) is 3.38. The number of aryl methyl sites for hydroxylation is 2. The van der Waals surface area contributed by atoms with E-state index in [2.05, 4.69) is 23.5 Å². The van der Waals surface area contributed by atoms with Crippen LogP contribution in [0.5, 0.6) is 0 Å². The molecule has 0 radical (unpaired) electrons. The first kappa shape index (κ1) is 15.2. The predicted octanol–water partition coefficient (Wildman–Crippen LogP) is 4.45. The fourth-order valence-electron chi connectivity index (χ4n) is 3.48. The van der Waals surface area contributed by atoms with Gasteiger partial charge in [0.05, 0.1) is 0 Å². The molecule has 0 saturated carbocycles. The molecule has 0 heterocycles. The van der Waals surface area contributed by atoms with Gasteiger partial charge >= 0.3 is 0 Å². The fourth-order valence-corrected chi connectivity index (χ4v) is 3.48. The van der Waals surface area contributed by atoms with Crippen molar-refractivity contribution in [3.05, 3.63) is 70.5 Å². The van der Waals surface area contributed by atoms with Crippen molar-refractivity contribution in [3.63, 3.8) is 0 Å². The van der Waals surface area contributed by atoms with Gasteiger partial charge in [-0.05, 0) is 80.1 Å². The second-order valence-corrected chi connectivity index (χ2v) is 6.23. The van der Waals surface area contributed by atoms with Gasteiger partial charge in [0.15, 0.2) is 0 Å². The molecule has 3 rings (SSSR count). The van der Waals surface area contributed by atoms with Crippen LogP contribution in [0.15, 0.2) is 42.5 Å². The van der Waals surface area contributed by atoms with Crippen LogP contribution in [-0.2, 0) is 12.8 Å². The zero-order valence-electron chi connectivity index (χ0n) is 13.2. The number of nitrogens with one attached hydrogen (secondary N) is 1. The summed E-state index contributed by atoms with van der Waals surface area (Å²) < 4.78 is 13.2. The van der Waals surface area contributed by atoms with Gasteiger partial charge in [-0.25, -0.2) is 4.39 Å². The fraction of sp³-hybridized carbons (Fsp3) is 0.400. The highest BCUT2D eigenvalue weighted by molar-refractivity contribution is 5.39. The van der Waals surface area contributed by atoms with Crippen LogP contribution in [-0.4, -0.2) is 13.6 Å². The van der Waals surface area contributed by atoms with Crippen LogP contribution in [0, 0.1) is 5.82 Å². The Morgan fingerprint density at radius 2 is 1.64 bits per heavy atom. The van der Waals surface area contributed by atoms with Crippen molar-refractivity contribution < 1.29 is 4.39 Å². The highest BCUT2D eigenvalue weighted by Crippen LogP contribution is 2.31. The number of hydrogen-bond donors (Lipinski definition) is 1. The molecular formula is C20H24FN. The largest absolute Gasteiger partial charge is 0.320 e. The van der Waals surface area contributed by atoms with E-state index in [0.717, 1.165) is 13.0 Å². The van der Waals surface area contributed by atoms with Gasteiger partial charge in [0.1, 0.15) is 5.82 Å². The SMILES string of the molecule is CNCCC(c1ccc(F)cc1)c1ccc2c(c1)CCCC2. The summed E-state index contributed by atoms with van der Waals surface area (Å²) in [6.45, 7) is 0.957. The molecule has 2 aromatic carbocycles. The van der Waals surface area contributed by atoms with E-state index >= 15 is 0 Å². The van der Waals surface area contributed by atoms with Crippen LogP contribution in [0.3, 0.4) is 0 Å². The van der Waals surface area contributed by atoms with E-state index in [-0.39, 0.29) is 5.82 Å². The Morgan fingerprint density at radius 1 is 0.955 bits per heavy atom. The Balaban J connectivity index is 1.92. The zero-order chi connectivity index (χ0) is 15.4. The number of hydrogen-bond acceptors (Lipinski definition) is 1. The first-order chi connectivity index (χ1) is 10.8. The molecule has 0 bridgehead atoms. The molecule has 116 valence electrons. The van der Waals surface area contributed by atoms with Crippen LogP contribution in [0.4, 0.5) is 4.39 Å². The summed E-state index contributed by atoms with van der Waals surface area (Å²) >= 11 is 0. The highest BCUT2D eigenvalue weighted by Gasteiger charge is 2.17. The predicted molar refractivity (Wildman–Crippen MR) is 89.9 cm³/mol. The van der Waals surface area contributed by atoms with E-state index in [1.807, 2.05) is 19.2 Å². The van der Waals surface area contributed by atoms with E-state index in [9.17, 15) is 4.39 Å². The van der Waals surface area contributed by atoms with Gasteiger partial charge in [0, 0.05) is 5.92 Å². The lowest BCUT2D eigenvalue weighted by Crippen LogP contribution is -2.14. The maximum Gasteiger partial charge on any atom is 0.123 e. The molecule has 1 aliphatic carbocycles. The summed E-state index contributed by atoms with van der Waals surface area (Å²) in [5.74, 6) is 0.168. The molecule has 0 amide bonds. The van der Waals surface area contributed by atoms with E-state index in [0.29, 0.717) is 5.92 Å². The molecule has 0 aliphatic heterocycles. The van der Waals surface area contributed by atoms with Crippen molar-refractivity contribution in [2.75, 3.05) is 13.6 Å². The Kier molecular flexibility index (Phi) is 4.89. The van der Waals surface area contributed by atoms with Gasteiger partial charge in [-0.3, -0.25) is 0 Å². The van der Waals surface area contributed by atoms with Crippen molar-refractivity contribution in [1.29, 1.82) is 0 Å². The van der Waals surface area contributed by atoms with Crippen molar-refractivity contribution in [2.24, 2.45) is 0 Å². The van der Waals surface area contributed by atoms with E-state index < -0.39 is 0 Å². The Hall–Kier alpha value is -1.67. The molecule has 2 aromatic rings. The average molecular weight is 297 g/mol. The first-order valence-electron chi connectivity index (χ1n) is 8.29. The molecule has 1 unspecified atom stereocenters. The van der Waals surface area contributed by atoms with Gasteiger partial charge in [-0.15, -0.1) is 0 Å². The van der Waals surface area contributed by atoms with Crippen LogP contribution < -0.4 is 5.32 Å². The molecule has 0 aromatic heterocycles. The van der Waals surface area contributed by atoms with Crippen LogP contribution >= 0.6 is 0 Å². The molecule has 0 spiro atoms. The molecular weight excluding hydrogens is 273 g/mol. The van der Waals surface area contributed by atoms with Gasteiger partial charge in [0.2, 0.25) is 0 Å². The molecule has 0 fully saturated rings. The molecule has 22 heavy (non-hydrogen) atoms. The molecule has 1 N–H and O–H groups in total. The van der Waals surface area contributed by atoms with Gasteiger partial charge < -0.3 is 5.32 Å². The molecule has 1 aliphatic rings. The summed E-state index contributed by atoms with van der Waals surface area (Å²) in [6.07, 6.45) is 6.06. The van der Waals surface area contributed by atoms with E-state index in [1.54, 1.807) is 12.1 Å². The maximum absolute atomic E-state index is 13.2. The van der Waals surface area contributed by atoms with Gasteiger partial charge in [-0.2, -0.15) is 0 Å². The highest BCUT2D eigenvalue weighted by atomic mass is 19.1. The number of fused-ring (bicyclic) bond motifs is 1. The minimum Gasteiger partial charge on any atom is -0.320 e. The molecule has 1 nitrogen and oxygen atoms in total. The summed E-state index contributed by atoms with van der Waals surface area (Å²) in [5.41, 5.74) is 5.59. The topological polar surface area (TPSA) is 12.0 Å². The zero-order valence-corrected chi connectivity index (χ0v) is 13.2. The number of rotatable bonds is 5. The smallest absolute Gasteiger partial charge is 0.123 e. The second kappa shape index (κ2) is 7.06. The van der Waals surface area contributed by atoms with Crippen molar-refractivity contribution in [1.82, 2.24) is 5.32 Å². The number of benzene rings is 2. The van der Waals surface area contributed by atoms with Crippen molar-refractivity contribution >= 4 is 0 Å². The Labute approximate surface area is 132 Å². The second-order valence-electron chi connectivity index (χ2n) is 6.23. The van der Waals surface area contributed by atoms with Gasteiger partial charge in [0.25, 0.3) is 0 Å². The van der Waals surface area contributed by atoms with E-state index in [4.69, 9.17) is 0 Å². The summed E-state index contributed by atoms with van der Waals surface area (Å²) in [7, 11) is 1.98. The monoisotopic (exact) mass is 297 g/mol. The molecule has 1 atom stereocenters. The lowest BCUT2D eigenvalue weighted by Gasteiger charge is -2.22. The first-order valence-corrected chi connectivity index (χ1v) is 8.29. The maximum atomic E-state index is 13.2. The quantitative estimate of drug-likeness (QED) is 0.860.